The van der Waals surface area contributed by atoms with E-state index in [-0.39, 0.29) is 24.5 Å². The Balaban J connectivity index is 1.57. The first kappa shape index (κ1) is 20.6. The van der Waals surface area contributed by atoms with Crippen LogP contribution in [0.3, 0.4) is 0 Å². The van der Waals surface area contributed by atoms with Gasteiger partial charge in [0.1, 0.15) is 12.4 Å². The van der Waals surface area contributed by atoms with Crippen molar-refractivity contribution >= 4 is 28.5 Å². The van der Waals surface area contributed by atoms with E-state index in [1.807, 2.05) is 23.7 Å². The van der Waals surface area contributed by atoms with Crippen LogP contribution in [0.4, 0.5) is 5.69 Å². The van der Waals surface area contributed by atoms with Crippen molar-refractivity contribution in [2.24, 2.45) is 18.9 Å². The van der Waals surface area contributed by atoms with Crippen LogP contribution in [0.25, 0.3) is 22.4 Å². The number of aryl methyl sites for hydroxylation is 1. The number of carbonyl (C=O) groups excluding carboxylic acids is 2. The van der Waals surface area contributed by atoms with Gasteiger partial charge >= 0.3 is 0 Å². The summed E-state index contributed by atoms with van der Waals surface area (Å²) in [6.07, 6.45) is 8.16. The molecule has 2 aliphatic rings. The first-order chi connectivity index (χ1) is 15.5. The van der Waals surface area contributed by atoms with Crippen LogP contribution >= 0.6 is 0 Å². The Morgan fingerprint density at radius 1 is 1.16 bits per heavy atom. The average Bonchev–Trinajstić information content (AvgIpc) is 3.70. The molecule has 2 heterocycles. The van der Waals surface area contributed by atoms with Crippen molar-refractivity contribution in [3.63, 3.8) is 0 Å². The van der Waals surface area contributed by atoms with E-state index in [4.69, 9.17) is 9.72 Å². The molecule has 3 aromatic rings. The van der Waals surface area contributed by atoms with Gasteiger partial charge in [0, 0.05) is 43.8 Å². The smallest absolute Gasteiger partial charge is 0.253 e. The number of fused-ring (bicyclic) bond motifs is 1. The molecule has 0 atom stereocenters. The summed E-state index contributed by atoms with van der Waals surface area (Å²) in [7, 11) is 3.38. The van der Waals surface area contributed by atoms with Crippen LogP contribution in [0, 0.1) is 11.8 Å². The van der Waals surface area contributed by atoms with Crippen molar-refractivity contribution in [1.82, 2.24) is 19.9 Å². The van der Waals surface area contributed by atoms with Gasteiger partial charge in [0.15, 0.2) is 0 Å². The maximum atomic E-state index is 13.5. The van der Waals surface area contributed by atoms with Gasteiger partial charge in [-0.15, -0.1) is 0 Å². The quantitative estimate of drug-likeness (QED) is 0.569. The Kier molecular flexibility index (Phi) is 5.38. The van der Waals surface area contributed by atoms with Gasteiger partial charge < -0.3 is 19.9 Å². The number of methoxy groups -OCH3 is 1. The lowest BCUT2D eigenvalue weighted by Crippen LogP contribution is -2.38. The predicted octanol–water partition coefficient (Wildman–Crippen LogP) is 3.14. The highest BCUT2D eigenvalue weighted by Crippen LogP contribution is 2.44. The number of hydrogen-bond acceptors (Lipinski definition) is 5. The molecule has 2 saturated carbocycles. The fourth-order valence-corrected chi connectivity index (χ4v) is 4.44. The average molecular weight is 434 g/mol. The number of ether oxygens (including phenoxy) is 1. The van der Waals surface area contributed by atoms with E-state index in [2.05, 4.69) is 15.6 Å². The number of aromatic nitrogens is 3. The lowest BCUT2D eigenvalue weighted by molar-refractivity contribution is -0.119. The molecule has 0 radical (unpaired) electrons. The lowest BCUT2D eigenvalue weighted by Gasteiger charge is -2.19. The molecular formula is C24H27N5O3. The number of imidazole rings is 1. The standard InChI is InChI=1S/C24H27N5O3/c1-29-22-18(24(31)28-21(14-3-4-14)15-5-6-15)11-17(26-20(30)13-32-2)12-19(22)27-23(29)16-7-9-25-10-8-16/h7-12,14-15,21H,3-6,13H2,1-2H3,(H,26,30)(H,28,31). The van der Waals surface area contributed by atoms with Crippen molar-refractivity contribution in [2.75, 3.05) is 19.0 Å². The lowest BCUT2D eigenvalue weighted by atomic mass is 10.1. The third kappa shape index (κ3) is 4.10. The number of nitrogens with zero attached hydrogens (tertiary/aromatic N) is 3. The van der Waals surface area contributed by atoms with Crippen LogP contribution < -0.4 is 10.6 Å². The maximum Gasteiger partial charge on any atom is 0.253 e. The zero-order chi connectivity index (χ0) is 22.2. The fraction of sp³-hybridized carbons (Fsp3) is 0.417. The van der Waals surface area contributed by atoms with Crippen molar-refractivity contribution in [3.8, 4) is 11.4 Å². The predicted molar refractivity (Wildman–Crippen MR) is 121 cm³/mol. The molecule has 0 unspecified atom stereocenters. The molecule has 2 N–H and O–H groups in total. The summed E-state index contributed by atoms with van der Waals surface area (Å²) in [6, 6.07) is 7.54. The molecule has 1 aromatic carbocycles. The van der Waals surface area contributed by atoms with Crippen LogP contribution in [0.1, 0.15) is 36.0 Å². The number of amides is 2. The molecule has 5 rings (SSSR count). The van der Waals surface area contributed by atoms with Crippen LogP contribution in [0.2, 0.25) is 0 Å². The van der Waals surface area contributed by atoms with Crippen LogP contribution in [-0.4, -0.2) is 46.1 Å². The number of pyridine rings is 1. The molecule has 8 heteroatoms. The zero-order valence-electron chi connectivity index (χ0n) is 18.3. The molecule has 32 heavy (non-hydrogen) atoms. The van der Waals surface area contributed by atoms with E-state index in [1.165, 1.54) is 32.8 Å². The normalized spacial score (nSPS) is 15.8. The Hall–Kier alpha value is -3.26. The summed E-state index contributed by atoms with van der Waals surface area (Å²) < 4.78 is 6.86. The third-order valence-electron chi connectivity index (χ3n) is 6.27. The van der Waals surface area contributed by atoms with Crippen LogP contribution in [-0.2, 0) is 16.6 Å². The zero-order valence-corrected chi connectivity index (χ0v) is 18.3. The summed E-state index contributed by atoms with van der Waals surface area (Å²) in [6.45, 7) is -0.0600. The first-order valence-electron chi connectivity index (χ1n) is 11.1. The topological polar surface area (TPSA) is 98.1 Å². The summed E-state index contributed by atoms with van der Waals surface area (Å²) in [5.41, 5.74) is 3.33. The summed E-state index contributed by atoms with van der Waals surface area (Å²) in [5.74, 6) is 1.51. The first-order valence-corrected chi connectivity index (χ1v) is 11.1. The van der Waals surface area contributed by atoms with E-state index in [0.29, 0.717) is 28.6 Å². The van der Waals surface area contributed by atoms with E-state index >= 15 is 0 Å². The minimum Gasteiger partial charge on any atom is -0.375 e. The molecule has 8 nitrogen and oxygen atoms in total. The minimum absolute atomic E-state index is 0.0600. The molecule has 2 amide bonds. The second kappa shape index (κ2) is 8.35. The van der Waals surface area contributed by atoms with E-state index in [1.54, 1.807) is 24.5 Å². The van der Waals surface area contributed by atoms with E-state index in [9.17, 15) is 9.59 Å². The summed E-state index contributed by atoms with van der Waals surface area (Å²) in [4.78, 5) is 34.5. The van der Waals surface area contributed by atoms with E-state index in [0.717, 1.165) is 16.9 Å². The number of nitrogens with one attached hydrogen (secondary N) is 2. The molecular weight excluding hydrogens is 406 g/mol. The van der Waals surface area contributed by atoms with Gasteiger partial charge in [-0.05, 0) is 61.8 Å². The molecule has 2 aromatic heterocycles. The number of carbonyl (C=O) groups is 2. The van der Waals surface area contributed by atoms with Gasteiger partial charge in [0.05, 0.1) is 16.6 Å². The highest BCUT2D eigenvalue weighted by Gasteiger charge is 2.42. The Morgan fingerprint density at radius 3 is 2.47 bits per heavy atom. The summed E-state index contributed by atoms with van der Waals surface area (Å²) >= 11 is 0. The minimum atomic E-state index is -0.280. The van der Waals surface area contributed by atoms with E-state index < -0.39 is 0 Å². The Morgan fingerprint density at radius 2 is 1.84 bits per heavy atom. The third-order valence-corrected chi connectivity index (χ3v) is 6.27. The highest BCUT2D eigenvalue weighted by atomic mass is 16.5. The van der Waals surface area contributed by atoms with Gasteiger partial charge in [-0.2, -0.15) is 0 Å². The maximum absolute atomic E-state index is 13.5. The molecule has 0 bridgehead atoms. The van der Waals surface area contributed by atoms with Crippen molar-refractivity contribution in [1.29, 1.82) is 0 Å². The molecule has 0 aliphatic heterocycles. The number of rotatable bonds is 8. The Bertz CT molecular complexity index is 1150. The van der Waals surface area contributed by atoms with Crippen molar-refractivity contribution in [2.45, 2.75) is 31.7 Å². The number of anilines is 1. The summed E-state index contributed by atoms with van der Waals surface area (Å²) in [5, 5.41) is 6.12. The SMILES string of the molecule is COCC(=O)Nc1cc(C(=O)NC(C2CC2)C2CC2)c2c(c1)nc(-c1ccncc1)n2C. The second-order valence-corrected chi connectivity index (χ2v) is 8.78. The van der Waals surface area contributed by atoms with Gasteiger partial charge in [0.25, 0.3) is 5.91 Å². The van der Waals surface area contributed by atoms with Gasteiger partial charge in [-0.1, -0.05) is 0 Å². The molecule has 2 fully saturated rings. The largest absolute Gasteiger partial charge is 0.375 e. The van der Waals surface area contributed by atoms with Crippen LogP contribution in [0.5, 0.6) is 0 Å². The highest BCUT2D eigenvalue weighted by molar-refractivity contribution is 6.08. The molecule has 0 saturated heterocycles. The molecule has 2 aliphatic carbocycles. The fourth-order valence-electron chi connectivity index (χ4n) is 4.44. The Labute approximate surface area is 186 Å². The molecule has 0 spiro atoms. The van der Waals surface area contributed by atoms with Gasteiger partial charge in [-0.3, -0.25) is 14.6 Å². The molecule has 166 valence electrons. The van der Waals surface area contributed by atoms with Gasteiger partial charge in [0.2, 0.25) is 5.91 Å². The monoisotopic (exact) mass is 433 g/mol. The van der Waals surface area contributed by atoms with Gasteiger partial charge in [-0.25, -0.2) is 4.98 Å². The van der Waals surface area contributed by atoms with Crippen molar-refractivity contribution < 1.29 is 14.3 Å². The van der Waals surface area contributed by atoms with Crippen LogP contribution in [0.15, 0.2) is 36.7 Å². The number of hydrogen-bond donors (Lipinski definition) is 2. The number of benzene rings is 1. The second-order valence-electron chi connectivity index (χ2n) is 8.78. The van der Waals surface area contributed by atoms with Crippen molar-refractivity contribution in [3.05, 3.63) is 42.2 Å².